The molecule has 0 atom stereocenters. The molecule has 0 radical (unpaired) electrons. The van der Waals surface area contributed by atoms with Gasteiger partial charge in [-0.25, -0.2) is 4.79 Å². The van der Waals surface area contributed by atoms with E-state index in [4.69, 9.17) is 0 Å². The van der Waals surface area contributed by atoms with Crippen LogP contribution in [0.3, 0.4) is 0 Å². The first-order valence-electron chi connectivity index (χ1n) is 6.58. The van der Waals surface area contributed by atoms with Crippen molar-refractivity contribution in [2.45, 2.75) is 27.3 Å². The van der Waals surface area contributed by atoms with E-state index in [1.165, 1.54) is 12.1 Å². The van der Waals surface area contributed by atoms with Crippen LogP contribution in [0.4, 0.5) is 5.69 Å². The quantitative estimate of drug-likeness (QED) is 0.613. The molecule has 0 unspecified atom stereocenters. The maximum atomic E-state index is 11.3. The number of carboxylic acid groups (broad SMARTS) is 1. The van der Waals surface area contributed by atoms with Crippen molar-refractivity contribution in [1.29, 1.82) is 0 Å². The molecular weight excluding hydrogens is 260 g/mol. The standard InChI is InChI=1S/C14H20N2O4/c1-4-15(8-10(2)3)9-11-6-5-7-12(16(19)20)13(11)14(17)18/h5-7,10H,4,8-9H2,1-3H3,(H,17,18). The zero-order valence-electron chi connectivity index (χ0n) is 12.0. The Balaban J connectivity index is 3.14. The second-order valence-electron chi connectivity index (χ2n) is 5.10. The smallest absolute Gasteiger partial charge is 0.343 e. The molecule has 0 amide bonds. The molecule has 0 fully saturated rings. The number of rotatable bonds is 7. The molecule has 0 aliphatic rings. The minimum Gasteiger partial charge on any atom is -0.477 e. The minimum atomic E-state index is -1.26. The monoisotopic (exact) mass is 280 g/mol. The lowest BCUT2D eigenvalue weighted by molar-refractivity contribution is -0.385. The Morgan fingerprint density at radius 3 is 2.55 bits per heavy atom. The fourth-order valence-electron chi connectivity index (χ4n) is 2.18. The third kappa shape index (κ3) is 4.03. The summed E-state index contributed by atoms with van der Waals surface area (Å²) in [5.41, 5.74) is -0.0792. The summed E-state index contributed by atoms with van der Waals surface area (Å²) in [4.78, 5) is 23.7. The van der Waals surface area contributed by atoms with E-state index in [9.17, 15) is 20.0 Å². The van der Waals surface area contributed by atoms with Gasteiger partial charge in [0.1, 0.15) is 5.56 Å². The average molecular weight is 280 g/mol. The third-order valence-corrected chi connectivity index (χ3v) is 3.00. The number of hydrogen-bond donors (Lipinski definition) is 1. The lowest BCUT2D eigenvalue weighted by atomic mass is 10.0. The Morgan fingerprint density at radius 1 is 1.45 bits per heavy atom. The molecule has 0 saturated carbocycles. The van der Waals surface area contributed by atoms with Crippen LogP contribution in [0.5, 0.6) is 0 Å². The summed E-state index contributed by atoms with van der Waals surface area (Å²) in [6, 6.07) is 4.40. The van der Waals surface area contributed by atoms with Gasteiger partial charge in [0.05, 0.1) is 4.92 Å². The van der Waals surface area contributed by atoms with E-state index >= 15 is 0 Å². The predicted molar refractivity (Wildman–Crippen MR) is 75.8 cm³/mol. The zero-order valence-corrected chi connectivity index (χ0v) is 12.0. The maximum absolute atomic E-state index is 11.3. The molecule has 0 aliphatic carbocycles. The number of nitrogens with zero attached hydrogens (tertiary/aromatic N) is 2. The largest absolute Gasteiger partial charge is 0.477 e. The molecule has 0 bridgehead atoms. The molecule has 1 N–H and O–H groups in total. The highest BCUT2D eigenvalue weighted by Crippen LogP contribution is 2.23. The van der Waals surface area contributed by atoms with Gasteiger partial charge in [-0.15, -0.1) is 0 Å². The van der Waals surface area contributed by atoms with E-state index in [1.807, 2.05) is 6.92 Å². The van der Waals surface area contributed by atoms with Gasteiger partial charge in [0.25, 0.3) is 5.69 Å². The zero-order chi connectivity index (χ0) is 15.3. The normalized spacial score (nSPS) is 11.1. The molecule has 0 saturated heterocycles. The van der Waals surface area contributed by atoms with Crippen molar-refractivity contribution in [3.8, 4) is 0 Å². The summed E-state index contributed by atoms with van der Waals surface area (Å²) < 4.78 is 0. The van der Waals surface area contributed by atoms with Crippen molar-refractivity contribution in [2.24, 2.45) is 5.92 Å². The van der Waals surface area contributed by atoms with Crippen molar-refractivity contribution >= 4 is 11.7 Å². The van der Waals surface area contributed by atoms with E-state index in [0.717, 1.165) is 13.1 Å². The first kappa shape index (κ1) is 16.1. The number of aromatic carboxylic acids is 1. The van der Waals surface area contributed by atoms with Crippen LogP contribution in [0.15, 0.2) is 18.2 Å². The Morgan fingerprint density at radius 2 is 2.10 bits per heavy atom. The SMILES string of the molecule is CCN(Cc1cccc([N+](=O)[O-])c1C(=O)O)CC(C)C. The summed E-state index contributed by atoms with van der Waals surface area (Å²) in [7, 11) is 0. The van der Waals surface area contributed by atoms with Gasteiger partial charge >= 0.3 is 5.97 Å². The van der Waals surface area contributed by atoms with Gasteiger partial charge in [-0.3, -0.25) is 15.0 Å². The Hall–Kier alpha value is -1.95. The van der Waals surface area contributed by atoms with Gasteiger partial charge in [-0.05, 0) is 18.0 Å². The highest BCUT2D eigenvalue weighted by Gasteiger charge is 2.24. The van der Waals surface area contributed by atoms with E-state index in [-0.39, 0.29) is 11.3 Å². The number of hydrogen-bond acceptors (Lipinski definition) is 4. The van der Waals surface area contributed by atoms with Gasteiger partial charge < -0.3 is 5.11 Å². The van der Waals surface area contributed by atoms with Crippen molar-refractivity contribution in [3.05, 3.63) is 39.4 Å². The lowest BCUT2D eigenvalue weighted by Crippen LogP contribution is -2.28. The summed E-state index contributed by atoms with van der Waals surface area (Å²) >= 11 is 0. The summed E-state index contributed by atoms with van der Waals surface area (Å²) in [6.45, 7) is 8.12. The van der Waals surface area contributed by atoms with Gasteiger partial charge in [-0.2, -0.15) is 0 Å². The highest BCUT2D eigenvalue weighted by molar-refractivity contribution is 5.94. The molecule has 0 aromatic heterocycles. The number of benzene rings is 1. The first-order chi connectivity index (χ1) is 9.36. The molecule has 1 aromatic rings. The lowest BCUT2D eigenvalue weighted by Gasteiger charge is -2.23. The maximum Gasteiger partial charge on any atom is 0.343 e. The molecule has 1 aromatic carbocycles. The van der Waals surface area contributed by atoms with Crippen LogP contribution in [0.2, 0.25) is 0 Å². The molecule has 6 heteroatoms. The van der Waals surface area contributed by atoms with Gasteiger partial charge in [0.15, 0.2) is 0 Å². The Labute approximate surface area is 118 Å². The van der Waals surface area contributed by atoms with E-state index < -0.39 is 10.9 Å². The third-order valence-electron chi connectivity index (χ3n) is 3.00. The van der Waals surface area contributed by atoms with Crippen molar-refractivity contribution in [1.82, 2.24) is 4.90 Å². The van der Waals surface area contributed by atoms with Crippen LogP contribution >= 0.6 is 0 Å². The van der Waals surface area contributed by atoms with Crippen LogP contribution in [-0.4, -0.2) is 34.0 Å². The highest BCUT2D eigenvalue weighted by atomic mass is 16.6. The number of nitro groups is 1. The fraction of sp³-hybridized carbons (Fsp3) is 0.500. The second kappa shape index (κ2) is 7.00. The predicted octanol–water partition coefficient (Wildman–Crippen LogP) is 2.77. The molecular formula is C14H20N2O4. The van der Waals surface area contributed by atoms with Gasteiger partial charge in [-0.1, -0.05) is 32.9 Å². The van der Waals surface area contributed by atoms with E-state index in [2.05, 4.69) is 18.7 Å². The summed E-state index contributed by atoms with van der Waals surface area (Å²) in [5.74, 6) is -0.810. The van der Waals surface area contributed by atoms with Gasteiger partial charge in [0, 0.05) is 19.2 Å². The fourth-order valence-corrected chi connectivity index (χ4v) is 2.18. The molecule has 6 nitrogen and oxygen atoms in total. The second-order valence-corrected chi connectivity index (χ2v) is 5.10. The van der Waals surface area contributed by atoms with Crippen molar-refractivity contribution in [2.75, 3.05) is 13.1 Å². The number of carbonyl (C=O) groups is 1. The molecule has 110 valence electrons. The summed E-state index contributed by atoms with van der Waals surface area (Å²) in [5, 5.41) is 20.2. The molecule has 1 rings (SSSR count). The van der Waals surface area contributed by atoms with E-state index in [1.54, 1.807) is 6.07 Å². The van der Waals surface area contributed by atoms with Crippen molar-refractivity contribution < 1.29 is 14.8 Å². The minimum absolute atomic E-state index is 0.209. The molecule has 20 heavy (non-hydrogen) atoms. The summed E-state index contributed by atoms with van der Waals surface area (Å²) in [6.07, 6.45) is 0. The Bertz CT molecular complexity index is 500. The van der Waals surface area contributed by atoms with Crippen LogP contribution in [0.25, 0.3) is 0 Å². The van der Waals surface area contributed by atoms with Crippen LogP contribution < -0.4 is 0 Å². The topological polar surface area (TPSA) is 83.7 Å². The molecule has 0 aliphatic heterocycles. The molecule has 0 spiro atoms. The molecule has 0 heterocycles. The average Bonchev–Trinajstić information content (AvgIpc) is 2.36. The first-order valence-corrected chi connectivity index (χ1v) is 6.58. The number of nitro benzene ring substituents is 1. The van der Waals surface area contributed by atoms with E-state index in [0.29, 0.717) is 18.0 Å². The van der Waals surface area contributed by atoms with Crippen molar-refractivity contribution in [3.63, 3.8) is 0 Å². The Kier molecular flexibility index (Phi) is 5.64. The van der Waals surface area contributed by atoms with Crippen LogP contribution in [0.1, 0.15) is 36.7 Å². The number of carboxylic acids is 1. The van der Waals surface area contributed by atoms with Gasteiger partial charge in [0.2, 0.25) is 0 Å². The van der Waals surface area contributed by atoms with Crippen LogP contribution in [0, 0.1) is 16.0 Å². The van der Waals surface area contributed by atoms with Crippen LogP contribution in [-0.2, 0) is 6.54 Å².